The molecule has 1 aromatic carbocycles. The first kappa shape index (κ1) is 13.7. The number of benzene rings is 1. The Balaban J connectivity index is 1.90. The van der Waals surface area contributed by atoms with E-state index >= 15 is 0 Å². The number of rotatable bonds is 3. The Morgan fingerprint density at radius 1 is 1.33 bits per heavy atom. The molecule has 1 atom stereocenters. The Morgan fingerprint density at radius 2 is 2.14 bits per heavy atom. The van der Waals surface area contributed by atoms with Crippen molar-refractivity contribution >= 4 is 11.4 Å². The summed E-state index contributed by atoms with van der Waals surface area (Å²) in [5.41, 5.74) is 3.90. The summed E-state index contributed by atoms with van der Waals surface area (Å²) >= 11 is 0. The van der Waals surface area contributed by atoms with Crippen LogP contribution in [0.3, 0.4) is 0 Å². The molecule has 3 rings (SSSR count). The van der Waals surface area contributed by atoms with E-state index in [9.17, 15) is 10.1 Å². The fourth-order valence-electron chi connectivity index (χ4n) is 2.98. The van der Waals surface area contributed by atoms with Crippen molar-refractivity contribution in [3.63, 3.8) is 0 Å². The minimum Gasteiger partial charge on any atom is -0.469 e. The second kappa shape index (κ2) is 5.24. The van der Waals surface area contributed by atoms with Crippen molar-refractivity contribution in [3.8, 4) is 0 Å². The molecule has 0 fully saturated rings. The zero-order valence-electron chi connectivity index (χ0n) is 12.2. The van der Waals surface area contributed by atoms with Crippen LogP contribution in [0.15, 0.2) is 28.9 Å². The maximum atomic E-state index is 11.0. The Morgan fingerprint density at radius 3 is 2.90 bits per heavy atom. The first-order valence-corrected chi connectivity index (χ1v) is 7.14. The molecule has 1 heterocycles. The van der Waals surface area contributed by atoms with Crippen molar-refractivity contribution in [2.75, 3.05) is 5.32 Å². The molecule has 0 saturated carbocycles. The summed E-state index contributed by atoms with van der Waals surface area (Å²) < 4.78 is 5.50. The van der Waals surface area contributed by atoms with Crippen LogP contribution >= 0.6 is 0 Å². The van der Waals surface area contributed by atoms with Gasteiger partial charge in [0, 0.05) is 29.3 Å². The Hall–Kier alpha value is -2.30. The highest BCUT2D eigenvalue weighted by atomic mass is 16.6. The lowest BCUT2D eigenvalue weighted by molar-refractivity contribution is -0.385. The van der Waals surface area contributed by atoms with Gasteiger partial charge in [-0.1, -0.05) is 0 Å². The number of furan rings is 1. The summed E-state index contributed by atoms with van der Waals surface area (Å²) in [6.07, 6.45) is 4.85. The van der Waals surface area contributed by atoms with E-state index in [1.165, 1.54) is 5.56 Å². The van der Waals surface area contributed by atoms with Gasteiger partial charge in [0.25, 0.3) is 5.69 Å². The normalized spacial score (nSPS) is 17.3. The first-order valence-electron chi connectivity index (χ1n) is 7.14. The number of hydrogen-bond acceptors (Lipinski definition) is 4. The van der Waals surface area contributed by atoms with Crippen LogP contribution in [-0.4, -0.2) is 4.92 Å². The second-order valence-electron chi connectivity index (χ2n) is 5.60. The molecule has 21 heavy (non-hydrogen) atoms. The number of nitro benzene ring substituents is 1. The van der Waals surface area contributed by atoms with Gasteiger partial charge in [-0.3, -0.25) is 10.1 Å². The molecule has 5 nitrogen and oxygen atoms in total. The van der Waals surface area contributed by atoms with Crippen LogP contribution in [0, 0.1) is 24.0 Å². The molecule has 110 valence electrons. The summed E-state index contributed by atoms with van der Waals surface area (Å²) in [5, 5.41) is 14.5. The van der Waals surface area contributed by atoms with Crippen LogP contribution in [-0.2, 0) is 6.42 Å². The number of hydrogen-bond donors (Lipinski definition) is 1. The number of anilines is 1. The quantitative estimate of drug-likeness (QED) is 0.675. The topological polar surface area (TPSA) is 68.3 Å². The molecule has 1 unspecified atom stereocenters. The molecule has 0 spiro atoms. The van der Waals surface area contributed by atoms with Crippen molar-refractivity contribution in [3.05, 3.63) is 57.0 Å². The fraction of sp³-hybridized carbons (Fsp3) is 0.375. The van der Waals surface area contributed by atoms with Gasteiger partial charge in [-0.2, -0.15) is 0 Å². The minimum absolute atomic E-state index is 0.172. The van der Waals surface area contributed by atoms with Crippen LogP contribution in [0.25, 0.3) is 0 Å². The van der Waals surface area contributed by atoms with E-state index in [0.29, 0.717) is 5.56 Å². The molecule has 0 radical (unpaired) electrons. The summed E-state index contributed by atoms with van der Waals surface area (Å²) in [5.74, 6) is 1.05. The highest BCUT2D eigenvalue weighted by Crippen LogP contribution is 2.35. The van der Waals surface area contributed by atoms with Gasteiger partial charge in [-0.15, -0.1) is 0 Å². The third-order valence-electron chi connectivity index (χ3n) is 4.12. The maximum absolute atomic E-state index is 11.0. The molecule has 1 aromatic heterocycles. The lowest BCUT2D eigenvalue weighted by Crippen LogP contribution is -2.16. The molecule has 2 aromatic rings. The SMILES string of the molecule is Cc1cc([N+](=O)[O-])c(C)cc1NC1CCCc2occc21. The van der Waals surface area contributed by atoms with E-state index in [-0.39, 0.29) is 16.7 Å². The largest absolute Gasteiger partial charge is 0.469 e. The number of nitrogens with zero attached hydrogens (tertiary/aromatic N) is 1. The third kappa shape index (κ3) is 2.51. The average molecular weight is 286 g/mol. The fourth-order valence-corrected chi connectivity index (χ4v) is 2.98. The van der Waals surface area contributed by atoms with Crippen molar-refractivity contribution in [1.82, 2.24) is 0 Å². The van der Waals surface area contributed by atoms with E-state index in [0.717, 1.165) is 36.3 Å². The van der Waals surface area contributed by atoms with Gasteiger partial charge in [0.1, 0.15) is 5.76 Å². The molecule has 1 N–H and O–H groups in total. The maximum Gasteiger partial charge on any atom is 0.272 e. The number of aryl methyl sites for hydroxylation is 3. The van der Waals surface area contributed by atoms with E-state index in [1.54, 1.807) is 19.3 Å². The van der Waals surface area contributed by atoms with E-state index in [2.05, 4.69) is 5.32 Å². The zero-order chi connectivity index (χ0) is 15.0. The van der Waals surface area contributed by atoms with Gasteiger partial charge in [0.15, 0.2) is 0 Å². The molecule has 0 amide bonds. The predicted octanol–water partition coefficient (Wildman–Crippen LogP) is 4.29. The van der Waals surface area contributed by atoms with Crippen LogP contribution in [0.5, 0.6) is 0 Å². The number of fused-ring (bicyclic) bond motifs is 1. The standard InChI is InChI=1S/C16H18N2O3/c1-10-9-15(18(19)20)11(2)8-14(10)17-13-4-3-5-16-12(13)6-7-21-16/h6-9,13,17H,3-5H2,1-2H3. The van der Waals surface area contributed by atoms with Gasteiger partial charge < -0.3 is 9.73 Å². The van der Waals surface area contributed by atoms with Gasteiger partial charge in [-0.05, 0) is 44.4 Å². The Labute approximate surface area is 123 Å². The first-order chi connectivity index (χ1) is 10.1. The minimum atomic E-state index is -0.332. The van der Waals surface area contributed by atoms with Gasteiger partial charge in [-0.25, -0.2) is 0 Å². The Bertz CT molecular complexity index is 691. The molecular formula is C16H18N2O3. The molecule has 1 aliphatic rings. The average Bonchev–Trinajstić information content (AvgIpc) is 2.91. The molecule has 1 aliphatic carbocycles. The van der Waals surface area contributed by atoms with Crippen molar-refractivity contribution in [2.45, 2.75) is 39.2 Å². The van der Waals surface area contributed by atoms with Crippen molar-refractivity contribution in [1.29, 1.82) is 0 Å². The third-order valence-corrected chi connectivity index (χ3v) is 4.12. The molecule has 0 aliphatic heterocycles. The summed E-state index contributed by atoms with van der Waals surface area (Å²) in [6.45, 7) is 3.67. The van der Waals surface area contributed by atoms with Gasteiger partial charge >= 0.3 is 0 Å². The predicted molar refractivity (Wildman–Crippen MR) is 80.6 cm³/mol. The number of nitro groups is 1. The Kier molecular flexibility index (Phi) is 3.41. The van der Waals surface area contributed by atoms with Gasteiger partial charge in [0.05, 0.1) is 17.2 Å². The lowest BCUT2D eigenvalue weighted by atomic mass is 9.93. The molecule has 5 heteroatoms. The van der Waals surface area contributed by atoms with E-state index < -0.39 is 0 Å². The summed E-state index contributed by atoms with van der Waals surface area (Å²) in [6, 6.07) is 5.73. The summed E-state index contributed by atoms with van der Waals surface area (Å²) in [7, 11) is 0. The number of nitrogens with one attached hydrogen (secondary N) is 1. The van der Waals surface area contributed by atoms with Crippen LogP contribution in [0.1, 0.15) is 41.3 Å². The summed E-state index contributed by atoms with van der Waals surface area (Å²) in [4.78, 5) is 10.6. The van der Waals surface area contributed by atoms with Crippen molar-refractivity contribution < 1.29 is 9.34 Å². The molecule has 0 saturated heterocycles. The van der Waals surface area contributed by atoms with E-state index in [1.807, 2.05) is 19.1 Å². The van der Waals surface area contributed by atoms with Crippen LogP contribution < -0.4 is 5.32 Å². The van der Waals surface area contributed by atoms with Gasteiger partial charge in [0.2, 0.25) is 0 Å². The molecule has 0 bridgehead atoms. The van der Waals surface area contributed by atoms with E-state index in [4.69, 9.17) is 4.42 Å². The molecular weight excluding hydrogens is 268 g/mol. The van der Waals surface area contributed by atoms with Crippen LogP contribution in [0.4, 0.5) is 11.4 Å². The smallest absolute Gasteiger partial charge is 0.272 e. The zero-order valence-corrected chi connectivity index (χ0v) is 12.2. The highest BCUT2D eigenvalue weighted by Gasteiger charge is 2.23. The lowest BCUT2D eigenvalue weighted by Gasteiger charge is -2.24. The monoisotopic (exact) mass is 286 g/mol. The second-order valence-corrected chi connectivity index (χ2v) is 5.60. The van der Waals surface area contributed by atoms with Crippen molar-refractivity contribution in [2.24, 2.45) is 0 Å². The highest BCUT2D eigenvalue weighted by molar-refractivity contribution is 5.60. The van der Waals surface area contributed by atoms with Crippen LogP contribution in [0.2, 0.25) is 0 Å².